The highest BCUT2D eigenvalue weighted by Gasteiger charge is 2.16. The van der Waals surface area contributed by atoms with Gasteiger partial charge in [-0.3, -0.25) is 4.57 Å². The van der Waals surface area contributed by atoms with E-state index in [0.717, 1.165) is 13.0 Å². The summed E-state index contributed by atoms with van der Waals surface area (Å²) in [4.78, 5) is 11.9. The summed E-state index contributed by atoms with van der Waals surface area (Å²) in [6.45, 7) is 3.25. The fourth-order valence-electron chi connectivity index (χ4n) is 2.20. The number of nitrogens with one attached hydrogen (secondary N) is 1. The number of hydrogen-bond donors (Lipinski definition) is 1. The highest BCUT2D eigenvalue weighted by Crippen LogP contribution is 2.18. The van der Waals surface area contributed by atoms with Gasteiger partial charge in [-0.15, -0.1) is 0 Å². The van der Waals surface area contributed by atoms with Crippen LogP contribution >= 0.6 is 0 Å². The molecule has 0 saturated carbocycles. The summed E-state index contributed by atoms with van der Waals surface area (Å²) < 4.78 is 17.1. The third kappa shape index (κ3) is 3.17. The Balaban J connectivity index is 2.26. The van der Waals surface area contributed by atoms with Gasteiger partial charge in [-0.25, -0.2) is 9.18 Å². The van der Waals surface area contributed by atoms with E-state index >= 15 is 0 Å². The molecule has 0 saturated heterocycles. The predicted octanol–water partition coefficient (Wildman–Crippen LogP) is 2.07. The van der Waals surface area contributed by atoms with Crippen LogP contribution in [-0.4, -0.2) is 15.7 Å². The summed E-state index contributed by atoms with van der Waals surface area (Å²) >= 11 is 0. The van der Waals surface area contributed by atoms with Crippen molar-refractivity contribution in [2.45, 2.75) is 25.9 Å². The van der Waals surface area contributed by atoms with Gasteiger partial charge in [-0.05, 0) is 19.0 Å². The van der Waals surface area contributed by atoms with Gasteiger partial charge in [0.2, 0.25) is 0 Å². The molecule has 1 unspecified atom stereocenters. The molecule has 0 aliphatic carbocycles. The van der Waals surface area contributed by atoms with Crippen molar-refractivity contribution >= 4 is 0 Å². The molecule has 1 N–H and O–H groups in total. The van der Waals surface area contributed by atoms with Gasteiger partial charge in [0, 0.05) is 31.5 Å². The molecule has 4 nitrogen and oxygen atoms in total. The Morgan fingerprint density at radius 3 is 2.65 bits per heavy atom. The van der Waals surface area contributed by atoms with E-state index in [1.54, 1.807) is 36.1 Å². The van der Waals surface area contributed by atoms with Crippen LogP contribution in [0.1, 0.15) is 24.9 Å². The second-order valence-electron chi connectivity index (χ2n) is 4.87. The molecule has 5 heteroatoms. The third-order valence-electron chi connectivity index (χ3n) is 3.32. The van der Waals surface area contributed by atoms with Gasteiger partial charge in [0.25, 0.3) is 0 Å². The number of halogens is 1. The van der Waals surface area contributed by atoms with Crippen LogP contribution in [0.3, 0.4) is 0 Å². The van der Waals surface area contributed by atoms with Gasteiger partial charge >= 0.3 is 5.69 Å². The second-order valence-corrected chi connectivity index (χ2v) is 4.87. The second kappa shape index (κ2) is 6.52. The summed E-state index contributed by atoms with van der Waals surface area (Å²) in [6, 6.07) is 6.48. The zero-order chi connectivity index (χ0) is 14.5. The molecule has 0 amide bonds. The maximum absolute atomic E-state index is 13.9. The van der Waals surface area contributed by atoms with Crippen molar-refractivity contribution in [3.8, 4) is 0 Å². The molecule has 0 bridgehead atoms. The van der Waals surface area contributed by atoms with Crippen LogP contribution < -0.4 is 11.0 Å². The van der Waals surface area contributed by atoms with Crippen molar-refractivity contribution in [1.29, 1.82) is 0 Å². The smallest absolute Gasteiger partial charge is 0.308 e. The van der Waals surface area contributed by atoms with E-state index in [-0.39, 0.29) is 17.5 Å². The van der Waals surface area contributed by atoms with Crippen molar-refractivity contribution < 1.29 is 4.39 Å². The van der Waals surface area contributed by atoms with Crippen LogP contribution in [0.25, 0.3) is 0 Å². The normalized spacial score (nSPS) is 12.6. The van der Waals surface area contributed by atoms with Crippen molar-refractivity contribution in [3.63, 3.8) is 0 Å². The molecule has 0 aliphatic heterocycles. The van der Waals surface area contributed by atoms with Crippen molar-refractivity contribution in [2.24, 2.45) is 7.05 Å². The van der Waals surface area contributed by atoms with Gasteiger partial charge in [0.1, 0.15) is 5.82 Å². The number of imidazole rings is 1. The molecule has 1 heterocycles. The Labute approximate surface area is 117 Å². The van der Waals surface area contributed by atoms with Crippen LogP contribution in [0.15, 0.2) is 41.5 Å². The maximum Gasteiger partial charge on any atom is 0.327 e. The summed E-state index contributed by atoms with van der Waals surface area (Å²) in [5.74, 6) is -0.245. The zero-order valence-electron chi connectivity index (χ0n) is 11.8. The monoisotopic (exact) mass is 277 g/mol. The first-order valence-electron chi connectivity index (χ1n) is 6.83. The maximum atomic E-state index is 13.9. The van der Waals surface area contributed by atoms with Crippen LogP contribution in [0.5, 0.6) is 0 Å². The van der Waals surface area contributed by atoms with Gasteiger partial charge in [0.15, 0.2) is 0 Å². The van der Waals surface area contributed by atoms with E-state index in [4.69, 9.17) is 0 Å². The Bertz CT molecular complexity index is 618. The minimum Gasteiger partial charge on any atom is -0.308 e. The fourth-order valence-corrected chi connectivity index (χ4v) is 2.20. The zero-order valence-corrected chi connectivity index (χ0v) is 11.8. The Hall–Kier alpha value is -1.88. The first-order chi connectivity index (χ1) is 9.63. The number of aryl methyl sites for hydroxylation is 1. The molecule has 1 atom stereocenters. The molecule has 1 aromatic carbocycles. The number of rotatable bonds is 6. The molecule has 20 heavy (non-hydrogen) atoms. The van der Waals surface area contributed by atoms with E-state index < -0.39 is 0 Å². The third-order valence-corrected chi connectivity index (χ3v) is 3.32. The van der Waals surface area contributed by atoms with Crippen molar-refractivity contribution in [3.05, 3.63) is 58.5 Å². The predicted molar refractivity (Wildman–Crippen MR) is 77.1 cm³/mol. The summed E-state index contributed by atoms with van der Waals surface area (Å²) in [5.41, 5.74) is 0.501. The average molecular weight is 277 g/mol. The van der Waals surface area contributed by atoms with Crippen LogP contribution in [0, 0.1) is 5.82 Å². The van der Waals surface area contributed by atoms with Crippen molar-refractivity contribution in [2.75, 3.05) is 6.54 Å². The number of aromatic nitrogens is 2. The minimum atomic E-state index is -0.245. The van der Waals surface area contributed by atoms with E-state index in [1.165, 1.54) is 10.6 Å². The minimum absolute atomic E-state index is 0.0929. The molecule has 0 spiro atoms. The molecule has 0 radical (unpaired) electrons. The highest BCUT2D eigenvalue weighted by atomic mass is 19.1. The molecule has 0 fully saturated rings. The van der Waals surface area contributed by atoms with E-state index in [9.17, 15) is 9.18 Å². The fraction of sp³-hybridized carbons (Fsp3) is 0.400. The number of nitrogens with zero attached hydrogens (tertiary/aromatic N) is 2. The van der Waals surface area contributed by atoms with Crippen molar-refractivity contribution in [1.82, 2.24) is 14.5 Å². The van der Waals surface area contributed by atoms with Gasteiger partial charge in [-0.2, -0.15) is 0 Å². The Kier molecular flexibility index (Phi) is 4.74. The van der Waals surface area contributed by atoms with Crippen LogP contribution in [-0.2, 0) is 13.6 Å². The van der Waals surface area contributed by atoms with Gasteiger partial charge in [-0.1, -0.05) is 25.1 Å². The average Bonchev–Trinajstić information content (AvgIpc) is 2.76. The molecule has 108 valence electrons. The summed E-state index contributed by atoms with van der Waals surface area (Å²) in [7, 11) is 1.70. The summed E-state index contributed by atoms with van der Waals surface area (Å²) in [6.07, 6.45) is 4.39. The van der Waals surface area contributed by atoms with E-state index in [0.29, 0.717) is 12.1 Å². The lowest BCUT2D eigenvalue weighted by atomic mass is 10.1. The molecule has 1 aromatic heterocycles. The van der Waals surface area contributed by atoms with Crippen LogP contribution in [0.4, 0.5) is 4.39 Å². The lowest BCUT2D eigenvalue weighted by molar-refractivity contribution is 0.436. The molecule has 0 aliphatic rings. The molecular formula is C15H20FN3O. The lowest BCUT2D eigenvalue weighted by Crippen LogP contribution is -2.31. The first kappa shape index (κ1) is 14.5. The lowest BCUT2D eigenvalue weighted by Gasteiger charge is -2.19. The van der Waals surface area contributed by atoms with Gasteiger partial charge < -0.3 is 9.88 Å². The topological polar surface area (TPSA) is 39.0 Å². The molecular weight excluding hydrogens is 257 g/mol. The first-order valence-corrected chi connectivity index (χ1v) is 6.83. The highest BCUT2D eigenvalue weighted by molar-refractivity contribution is 5.21. The Morgan fingerprint density at radius 1 is 1.30 bits per heavy atom. The van der Waals surface area contributed by atoms with E-state index in [2.05, 4.69) is 12.2 Å². The quantitative estimate of drug-likeness (QED) is 0.878. The SMILES string of the molecule is CCCNC(Cn1ccn(C)c1=O)c1ccccc1F. The van der Waals surface area contributed by atoms with Crippen LogP contribution in [0.2, 0.25) is 0 Å². The summed E-state index contributed by atoms with van der Waals surface area (Å²) in [5, 5.41) is 3.30. The van der Waals surface area contributed by atoms with Gasteiger partial charge in [0.05, 0.1) is 6.04 Å². The van der Waals surface area contributed by atoms with E-state index in [1.807, 2.05) is 6.07 Å². The standard InChI is InChI=1S/C15H20FN3O/c1-3-8-17-14(12-6-4-5-7-13(12)16)11-19-10-9-18(2)15(19)20/h4-7,9-10,14,17H,3,8,11H2,1-2H3. The number of benzene rings is 1. The Morgan fingerprint density at radius 2 is 2.05 bits per heavy atom. The largest absolute Gasteiger partial charge is 0.327 e. The molecule has 2 aromatic rings. The molecule has 2 rings (SSSR count). The number of hydrogen-bond acceptors (Lipinski definition) is 2.